The van der Waals surface area contributed by atoms with Crippen LogP contribution in [0.2, 0.25) is 0 Å². The van der Waals surface area contributed by atoms with Gasteiger partial charge in [0.25, 0.3) is 0 Å². The molecule has 0 unspecified atom stereocenters. The Morgan fingerprint density at radius 3 is 2.09 bits per heavy atom. The lowest BCUT2D eigenvalue weighted by atomic mass is 10.2. The number of nitrogens with zero attached hydrogens (tertiary/aromatic N) is 1. The Morgan fingerprint density at radius 2 is 1.52 bits per heavy atom. The zero-order valence-electron chi connectivity index (χ0n) is 13.1. The molecule has 3 rings (SSSR count). The van der Waals surface area contributed by atoms with Crippen molar-refractivity contribution in [2.75, 3.05) is 38.2 Å². The molecule has 2 aromatic rings. The minimum absolute atomic E-state index is 0.350. The fourth-order valence-electron chi connectivity index (χ4n) is 2.56. The van der Waals surface area contributed by atoms with Crippen LogP contribution in [-0.2, 0) is 4.74 Å². The summed E-state index contributed by atoms with van der Waals surface area (Å²) in [5.41, 5.74) is 1.72. The number of rotatable bonds is 4. The maximum Gasteiger partial charge on any atom is 0.337 e. The van der Waals surface area contributed by atoms with Crippen LogP contribution in [0.25, 0.3) is 0 Å². The van der Waals surface area contributed by atoms with Crippen LogP contribution >= 0.6 is 0 Å². The molecule has 5 nitrogen and oxygen atoms in total. The molecular formula is C18H20N2O3. The van der Waals surface area contributed by atoms with E-state index in [9.17, 15) is 4.79 Å². The van der Waals surface area contributed by atoms with E-state index in [4.69, 9.17) is 4.74 Å². The van der Waals surface area contributed by atoms with E-state index in [1.165, 1.54) is 12.8 Å². The molecule has 0 atom stereocenters. The van der Waals surface area contributed by atoms with Gasteiger partial charge < -0.3 is 19.7 Å². The summed E-state index contributed by atoms with van der Waals surface area (Å²) in [6.07, 6.45) is 0. The molecule has 0 spiro atoms. The maximum atomic E-state index is 11.4. The molecule has 1 fully saturated rings. The van der Waals surface area contributed by atoms with Crippen molar-refractivity contribution >= 4 is 11.7 Å². The second-order valence-corrected chi connectivity index (χ2v) is 5.35. The first kappa shape index (κ1) is 15.4. The van der Waals surface area contributed by atoms with Crippen LogP contribution in [0.5, 0.6) is 11.5 Å². The third kappa shape index (κ3) is 3.81. The standard InChI is InChI=1S/C18H20N2O3/c1-22-18(21)14-2-6-16(7-3-14)23-17-8-4-15(5-9-17)20-12-10-19-11-13-20/h2-9,19H,10-13H2,1H3. The molecule has 23 heavy (non-hydrogen) atoms. The maximum absolute atomic E-state index is 11.4. The van der Waals surface area contributed by atoms with Crippen LogP contribution in [0.3, 0.4) is 0 Å². The van der Waals surface area contributed by atoms with Gasteiger partial charge in [-0.2, -0.15) is 0 Å². The van der Waals surface area contributed by atoms with Crippen molar-refractivity contribution in [2.24, 2.45) is 0 Å². The number of benzene rings is 2. The van der Waals surface area contributed by atoms with Gasteiger partial charge in [0.05, 0.1) is 12.7 Å². The molecule has 1 N–H and O–H groups in total. The molecule has 120 valence electrons. The molecule has 1 aliphatic rings. The summed E-state index contributed by atoms with van der Waals surface area (Å²) in [4.78, 5) is 13.8. The lowest BCUT2D eigenvalue weighted by molar-refractivity contribution is 0.0600. The van der Waals surface area contributed by atoms with E-state index in [1.54, 1.807) is 24.3 Å². The number of methoxy groups -OCH3 is 1. The van der Waals surface area contributed by atoms with E-state index in [1.807, 2.05) is 12.1 Å². The van der Waals surface area contributed by atoms with Gasteiger partial charge in [0, 0.05) is 31.9 Å². The quantitative estimate of drug-likeness (QED) is 0.880. The molecule has 1 heterocycles. The predicted molar refractivity (Wildman–Crippen MR) is 89.4 cm³/mol. The fourth-order valence-corrected chi connectivity index (χ4v) is 2.56. The summed E-state index contributed by atoms with van der Waals surface area (Å²) < 4.78 is 10.5. The summed E-state index contributed by atoms with van der Waals surface area (Å²) in [6.45, 7) is 4.08. The first-order valence-corrected chi connectivity index (χ1v) is 7.68. The number of nitrogens with one attached hydrogen (secondary N) is 1. The van der Waals surface area contributed by atoms with Gasteiger partial charge >= 0.3 is 5.97 Å². The van der Waals surface area contributed by atoms with Gasteiger partial charge in [0.2, 0.25) is 0 Å². The van der Waals surface area contributed by atoms with Crippen LogP contribution < -0.4 is 15.0 Å². The van der Waals surface area contributed by atoms with Crippen molar-refractivity contribution in [3.63, 3.8) is 0 Å². The molecule has 0 saturated carbocycles. The number of ether oxygens (including phenoxy) is 2. The smallest absolute Gasteiger partial charge is 0.337 e. The van der Waals surface area contributed by atoms with Crippen LogP contribution in [0.1, 0.15) is 10.4 Å². The van der Waals surface area contributed by atoms with E-state index < -0.39 is 0 Å². The van der Waals surface area contributed by atoms with E-state index in [2.05, 4.69) is 27.1 Å². The van der Waals surface area contributed by atoms with Crippen molar-refractivity contribution < 1.29 is 14.3 Å². The van der Waals surface area contributed by atoms with Crippen molar-refractivity contribution in [3.05, 3.63) is 54.1 Å². The Labute approximate surface area is 135 Å². The third-order valence-corrected chi connectivity index (χ3v) is 3.83. The summed E-state index contributed by atoms with van der Waals surface area (Å²) in [7, 11) is 1.37. The summed E-state index contributed by atoms with van der Waals surface area (Å²) in [6, 6.07) is 15.0. The van der Waals surface area contributed by atoms with E-state index in [0.717, 1.165) is 31.9 Å². The van der Waals surface area contributed by atoms with Crippen LogP contribution in [0.4, 0.5) is 5.69 Å². The molecule has 0 bridgehead atoms. The minimum Gasteiger partial charge on any atom is -0.465 e. The van der Waals surface area contributed by atoms with Crippen molar-refractivity contribution in [1.29, 1.82) is 0 Å². The number of hydrogen-bond acceptors (Lipinski definition) is 5. The second-order valence-electron chi connectivity index (χ2n) is 5.35. The molecular weight excluding hydrogens is 292 g/mol. The lowest BCUT2D eigenvalue weighted by Gasteiger charge is -2.29. The topological polar surface area (TPSA) is 50.8 Å². The van der Waals surface area contributed by atoms with Crippen LogP contribution in [-0.4, -0.2) is 39.3 Å². The number of carbonyl (C=O) groups is 1. The Kier molecular flexibility index (Phi) is 4.78. The molecule has 0 aliphatic carbocycles. The molecule has 2 aromatic carbocycles. The third-order valence-electron chi connectivity index (χ3n) is 3.83. The Hall–Kier alpha value is -2.53. The van der Waals surface area contributed by atoms with Gasteiger partial charge in [-0.15, -0.1) is 0 Å². The largest absolute Gasteiger partial charge is 0.465 e. The van der Waals surface area contributed by atoms with Gasteiger partial charge in [-0.1, -0.05) is 0 Å². The lowest BCUT2D eigenvalue weighted by Crippen LogP contribution is -2.43. The van der Waals surface area contributed by atoms with Gasteiger partial charge in [-0.05, 0) is 48.5 Å². The molecule has 1 aliphatic heterocycles. The molecule has 0 amide bonds. The van der Waals surface area contributed by atoms with Crippen molar-refractivity contribution in [3.8, 4) is 11.5 Å². The van der Waals surface area contributed by atoms with Gasteiger partial charge in [0.1, 0.15) is 11.5 Å². The van der Waals surface area contributed by atoms with Crippen LogP contribution in [0.15, 0.2) is 48.5 Å². The molecule has 0 aromatic heterocycles. The summed E-state index contributed by atoms with van der Waals surface area (Å²) >= 11 is 0. The SMILES string of the molecule is COC(=O)c1ccc(Oc2ccc(N3CCNCC3)cc2)cc1. The highest BCUT2D eigenvalue weighted by atomic mass is 16.5. The van der Waals surface area contributed by atoms with E-state index in [-0.39, 0.29) is 5.97 Å². The number of carbonyl (C=O) groups excluding carboxylic acids is 1. The van der Waals surface area contributed by atoms with Gasteiger partial charge in [-0.3, -0.25) is 0 Å². The Bertz CT molecular complexity index is 647. The zero-order chi connectivity index (χ0) is 16.1. The Morgan fingerprint density at radius 1 is 0.957 bits per heavy atom. The van der Waals surface area contributed by atoms with Gasteiger partial charge in [-0.25, -0.2) is 4.79 Å². The first-order valence-electron chi connectivity index (χ1n) is 7.68. The second kappa shape index (κ2) is 7.15. The average molecular weight is 312 g/mol. The van der Waals surface area contributed by atoms with Crippen molar-refractivity contribution in [1.82, 2.24) is 5.32 Å². The average Bonchev–Trinajstić information content (AvgIpc) is 2.63. The summed E-state index contributed by atoms with van der Waals surface area (Å²) in [5, 5.41) is 3.35. The first-order chi connectivity index (χ1) is 11.3. The highest BCUT2D eigenvalue weighted by molar-refractivity contribution is 5.89. The Balaban J connectivity index is 1.64. The predicted octanol–water partition coefficient (Wildman–Crippen LogP) is 2.68. The number of esters is 1. The molecule has 1 saturated heterocycles. The van der Waals surface area contributed by atoms with E-state index in [0.29, 0.717) is 11.3 Å². The number of piperazine rings is 1. The van der Waals surface area contributed by atoms with Crippen LogP contribution in [0, 0.1) is 0 Å². The van der Waals surface area contributed by atoms with E-state index >= 15 is 0 Å². The number of anilines is 1. The molecule has 5 heteroatoms. The minimum atomic E-state index is -0.350. The van der Waals surface area contributed by atoms with Crippen molar-refractivity contribution in [2.45, 2.75) is 0 Å². The zero-order valence-corrected chi connectivity index (χ0v) is 13.1. The monoisotopic (exact) mass is 312 g/mol. The normalized spacial score (nSPS) is 14.4. The highest BCUT2D eigenvalue weighted by Gasteiger charge is 2.10. The van der Waals surface area contributed by atoms with Gasteiger partial charge in [0.15, 0.2) is 0 Å². The summed E-state index contributed by atoms with van der Waals surface area (Å²) in [5.74, 6) is 1.11. The fraction of sp³-hybridized carbons (Fsp3) is 0.278. The number of hydrogen-bond donors (Lipinski definition) is 1. The highest BCUT2D eigenvalue weighted by Crippen LogP contribution is 2.25. The molecule has 0 radical (unpaired) electrons.